The molecule has 0 N–H and O–H groups in total. The Balaban J connectivity index is 0.00000560. The van der Waals surface area contributed by atoms with E-state index in [1.54, 1.807) is 0 Å². The number of allylic oxidation sites excluding steroid dienone is 1. The van der Waals surface area contributed by atoms with Gasteiger partial charge in [0.2, 0.25) is 0 Å². The molecule has 1 aliphatic rings. The van der Waals surface area contributed by atoms with Crippen LogP contribution < -0.4 is 14.5 Å². The molecule has 2 aromatic heterocycles. The van der Waals surface area contributed by atoms with Gasteiger partial charge in [0.05, 0.1) is 0 Å². The SMILES string of the molecule is CC(C)(C)c1cc(N2[CH-]N(c3[c-]c(Oc4[c-]c5c(cc4)c4ccccc4n5-c4cc(C(C)(C)c5ccccc5)ccn4)ccc3)C=C2C(C)(C)c2ccccc2)cc(C(C)(C)C)c1.[Pt]. The van der Waals surface area contributed by atoms with Gasteiger partial charge in [0.1, 0.15) is 5.82 Å². The van der Waals surface area contributed by atoms with E-state index in [-0.39, 0.29) is 42.7 Å². The molecule has 6 aromatic carbocycles. The van der Waals surface area contributed by atoms with Crippen molar-refractivity contribution < 1.29 is 25.8 Å². The van der Waals surface area contributed by atoms with Gasteiger partial charge in [-0.2, -0.15) is 12.1 Å². The number of pyridine rings is 1. The molecule has 0 fully saturated rings. The van der Waals surface area contributed by atoms with E-state index in [0.717, 1.165) is 44.7 Å². The number of fused-ring (bicyclic) bond motifs is 3. The Morgan fingerprint density at radius 3 is 1.80 bits per heavy atom. The summed E-state index contributed by atoms with van der Waals surface area (Å²) >= 11 is 0. The number of rotatable bonds is 9. The molecule has 0 saturated carbocycles. The minimum absolute atomic E-state index is 0. The predicted octanol–water partition coefficient (Wildman–Crippen LogP) is 14.8. The van der Waals surface area contributed by atoms with Crippen LogP contribution >= 0.6 is 0 Å². The van der Waals surface area contributed by atoms with Crippen LogP contribution in [0.3, 0.4) is 0 Å². The minimum atomic E-state index is -0.325. The van der Waals surface area contributed by atoms with Crippen LogP contribution in [0.4, 0.5) is 11.4 Å². The molecule has 8 aromatic rings. The fourth-order valence-electron chi connectivity index (χ4n) is 8.72. The second-order valence-electron chi connectivity index (χ2n) is 20.0. The van der Waals surface area contributed by atoms with E-state index in [1.165, 1.54) is 27.8 Å². The van der Waals surface area contributed by atoms with E-state index in [2.05, 4.69) is 236 Å². The molecule has 0 amide bonds. The second kappa shape index (κ2) is 16.9. The Hall–Kier alpha value is -5.90. The van der Waals surface area contributed by atoms with Gasteiger partial charge < -0.3 is 19.1 Å². The molecule has 0 bridgehead atoms. The zero-order chi connectivity index (χ0) is 44.3. The number of para-hydroxylation sites is 1. The van der Waals surface area contributed by atoms with Crippen molar-refractivity contribution in [3.63, 3.8) is 0 Å². The van der Waals surface area contributed by atoms with Gasteiger partial charge in [-0.3, -0.25) is 0 Å². The van der Waals surface area contributed by atoms with Crippen molar-refractivity contribution in [3.05, 3.63) is 210 Å². The van der Waals surface area contributed by atoms with Crippen molar-refractivity contribution in [1.29, 1.82) is 0 Å². The molecule has 0 unspecified atom stereocenters. The number of hydrogen-bond donors (Lipinski definition) is 0. The van der Waals surface area contributed by atoms with Crippen LogP contribution in [0, 0.1) is 18.8 Å². The standard InChI is InChI=1S/C58H57N4O.Pt/c1-55(2,3)43-32-44(56(4,5)6)34-46(33-43)61-39-60(38-53(61)58(9,10)41-22-15-12-16-23-41)45-24-19-25-47(36-45)63-48-28-29-50-49-26-17-18-27-51(49)62(52(50)37-48)54-35-42(30-31-59-54)57(7,8)40-20-13-11-14-21-40;/h11-35,38-39H,1-10H3;/q-3;. The maximum absolute atomic E-state index is 6.67. The number of nitrogens with zero attached hydrogens (tertiary/aromatic N) is 4. The van der Waals surface area contributed by atoms with Crippen molar-refractivity contribution in [1.82, 2.24) is 9.55 Å². The summed E-state index contributed by atoms with van der Waals surface area (Å²) < 4.78 is 8.88. The topological polar surface area (TPSA) is 33.5 Å². The van der Waals surface area contributed by atoms with Crippen molar-refractivity contribution in [2.75, 3.05) is 9.80 Å². The third-order valence-electron chi connectivity index (χ3n) is 12.8. The number of ether oxygens (including phenoxy) is 1. The Morgan fingerprint density at radius 2 is 1.14 bits per heavy atom. The molecular formula is C58H57N4OPt-3. The number of hydrogen-bond acceptors (Lipinski definition) is 4. The molecule has 0 radical (unpaired) electrons. The minimum Gasteiger partial charge on any atom is -0.509 e. The molecule has 0 atom stereocenters. The molecule has 6 heteroatoms. The van der Waals surface area contributed by atoms with Gasteiger partial charge in [-0.1, -0.05) is 160 Å². The summed E-state index contributed by atoms with van der Waals surface area (Å²) in [4.78, 5) is 9.48. The van der Waals surface area contributed by atoms with E-state index in [1.807, 2.05) is 24.4 Å². The van der Waals surface area contributed by atoms with Crippen molar-refractivity contribution in [2.24, 2.45) is 0 Å². The van der Waals surface area contributed by atoms with Crippen LogP contribution in [0.5, 0.6) is 11.5 Å². The molecular weight excluding hydrogens is 964 g/mol. The van der Waals surface area contributed by atoms with Crippen LogP contribution in [-0.2, 0) is 42.7 Å². The average Bonchev–Trinajstić information content (AvgIpc) is 3.87. The second-order valence-corrected chi connectivity index (χ2v) is 20.0. The van der Waals surface area contributed by atoms with Crippen molar-refractivity contribution in [3.8, 4) is 17.3 Å². The summed E-state index contributed by atoms with van der Waals surface area (Å²) in [6.45, 7) is 25.1. The summed E-state index contributed by atoms with van der Waals surface area (Å²) in [5, 5.41) is 2.22. The van der Waals surface area contributed by atoms with Gasteiger partial charge in [-0.25, -0.2) is 4.98 Å². The maximum Gasteiger partial charge on any atom is 0.135 e. The van der Waals surface area contributed by atoms with Crippen LogP contribution in [0.15, 0.2) is 164 Å². The molecule has 0 saturated heterocycles. The average molecular weight is 1020 g/mol. The van der Waals surface area contributed by atoms with E-state index < -0.39 is 0 Å². The quantitative estimate of drug-likeness (QED) is 0.135. The Morgan fingerprint density at radius 1 is 0.531 bits per heavy atom. The largest absolute Gasteiger partial charge is 0.509 e. The molecule has 5 nitrogen and oxygen atoms in total. The van der Waals surface area contributed by atoms with Gasteiger partial charge in [0.15, 0.2) is 0 Å². The number of benzene rings is 6. The molecule has 1 aliphatic heterocycles. The van der Waals surface area contributed by atoms with Gasteiger partial charge in [0, 0.05) is 66.5 Å². The number of anilines is 2. The van der Waals surface area contributed by atoms with Gasteiger partial charge in [0.25, 0.3) is 0 Å². The van der Waals surface area contributed by atoms with Crippen LogP contribution in [0.2, 0.25) is 0 Å². The molecule has 328 valence electrons. The van der Waals surface area contributed by atoms with Crippen LogP contribution in [0.1, 0.15) is 97.1 Å². The zero-order valence-corrected chi connectivity index (χ0v) is 40.9. The summed E-state index contributed by atoms with van der Waals surface area (Å²) in [7, 11) is 0. The normalized spacial score (nSPS) is 13.6. The molecule has 0 spiro atoms. The molecule has 64 heavy (non-hydrogen) atoms. The van der Waals surface area contributed by atoms with E-state index >= 15 is 0 Å². The summed E-state index contributed by atoms with van der Waals surface area (Å²) in [6, 6.07) is 58.8. The smallest absolute Gasteiger partial charge is 0.135 e. The zero-order valence-electron chi connectivity index (χ0n) is 38.6. The van der Waals surface area contributed by atoms with Crippen LogP contribution in [0.25, 0.3) is 27.6 Å². The summed E-state index contributed by atoms with van der Waals surface area (Å²) in [6.07, 6.45) is 4.17. The van der Waals surface area contributed by atoms with E-state index in [9.17, 15) is 0 Å². The summed E-state index contributed by atoms with van der Waals surface area (Å²) in [5.41, 5.74) is 10.8. The predicted molar refractivity (Wildman–Crippen MR) is 262 cm³/mol. The van der Waals surface area contributed by atoms with Gasteiger partial charge >= 0.3 is 0 Å². The van der Waals surface area contributed by atoms with E-state index in [0.29, 0.717) is 11.5 Å². The Bertz CT molecular complexity index is 2950. The first-order valence-corrected chi connectivity index (χ1v) is 22.0. The first-order chi connectivity index (χ1) is 30.0. The first-order valence-electron chi connectivity index (χ1n) is 22.0. The monoisotopic (exact) mass is 1020 g/mol. The fourth-order valence-corrected chi connectivity index (χ4v) is 8.72. The third-order valence-corrected chi connectivity index (χ3v) is 12.8. The number of aromatic nitrogens is 2. The van der Waals surface area contributed by atoms with Gasteiger partial charge in [-0.05, 0) is 80.6 Å². The Kier molecular flexibility index (Phi) is 11.8. The third kappa shape index (κ3) is 8.43. The van der Waals surface area contributed by atoms with Gasteiger partial charge in [-0.15, -0.1) is 48.1 Å². The van der Waals surface area contributed by atoms with Crippen molar-refractivity contribution in [2.45, 2.75) is 90.9 Å². The fraction of sp³-hybridized carbons (Fsp3) is 0.241. The van der Waals surface area contributed by atoms with E-state index in [4.69, 9.17) is 9.72 Å². The van der Waals surface area contributed by atoms with Crippen LogP contribution in [-0.4, -0.2) is 9.55 Å². The molecule has 3 heterocycles. The van der Waals surface area contributed by atoms with Crippen molar-refractivity contribution >= 4 is 33.2 Å². The summed E-state index contributed by atoms with van der Waals surface area (Å²) in [5.74, 6) is 2.04. The first kappa shape index (κ1) is 44.7. The maximum atomic E-state index is 6.67. The molecule has 9 rings (SSSR count). The molecule has 0 aliphatic carbocycles. The Labute approximate surface area is 394 Å².